The number of rotatable bonds is 19. The molecule has 0 radical (unpaired) electrons. The molecule has 2 aromatic heterocycles. The first kappa shape index (κ1) is 53.5. The van der Waals surface area contributed by atoms with Crippen molar-refractivity contribution < 1.29 is 34.2 Å². The Morgan fingerprint density at radius 2 is 1.67 bits per heavy atom. The van der Waals surface area contributed by atoms with E-state index in [0.717, 1.165) is 27.3 Å². The van der Waals surface area contributed by atoms with Gasteiger partial charge in [-0.1, -0.05) is 95.6 Å². The second kappa shape index (κ2) is 22.5. The van der Waals surface area contributed by atoms with Crippen molar-refractivity contribution in [1.82, 2.24) is 30.8 Å². The number of β-amino-alcohol motifs (C(OH)–C–C–N with tert-alkyl or cyclic N) is 1. The Balaban J connectivity index is 0.920. The molecule has 374 valence electrons. The van der Waals surface area contributed by atoms with Crippen molar-refractivity contribution in [3.63, 3.8) is 0 Å². The molecule has 4 amide bonds. The summed E-state index contributed by atoms with van der Waals surface area (Å²) in [7, 11) is 0. The van der Waals surface area contributed by atoms with Crippen LogP contribution in [0.2, 0.25) is 5.02 Å². The highest BCUT2D eigenvalue weighted by molar-refractivity contribution is 7.13. The number of carbonyl (C=O) groups is 4. The maximum Gasteiger partial charge on any atom is 0.270 e. The minimum Gasteiger partial charge on any atom is -0.489 e. The first-order valence-corrected chi connectivity index (χ1v) is 25.2. The third kappa shape index (κ3) is 12.5. The molecular formula is C53H67ClN8O7S. The van der Waals surface area contributed by atoms with E-state index in [-0.39, 0.29) is 55.3 Å². The highest BCUT2D eigenvalue weighted by Crippen LogP contribution is 2.55. The molecule has 2 aliphatic rings. The molecule has 1 aliphatic heterocycles. The number of benzene rings is 2. The van der Waals surface area contributed by atoms with Crippen molar-refractivity contribution in [2.75, 3.05) is 6.54 Å². The van der Waals surface area contributed by atoms with Crippen molar-refractivity contribution in [1.29, 1.82) is 5.26 Å². The van der Waals surface area contributed by atoms with Crippen LogP contribution in [0.15, 0.2) is 71.5 Å². The maximum atomic E-state index is 14.1. The van der Waals surface area contributed by atoms with Crippen LogP contribution in [-0.4, -0.2) is 91.4 Å². The molecule has 0 spiro atoms. The molecule has 15 nitrogen and oxygen atoms in total. The first-order chi connectivity index (χ1) is 33.0. The number of oxime groups is 1. The molecule has 1 aliphatic carbocycles. The number of hydrogen-bond donors (Lipinski definition) is 5. The number of ether oxygens (including phenoxy) is 1. The van der Waals surface area contributed by atoms with E-state index in [2.05, 4.69) is 37.1 Å². The predicted molar refractivity (Wildman–Crippen MR) is 271 cm³/mol. The van der Waals surface area contributed by atoms with E-state index in [4.69, 9.17) is 16.3 Å². The molecule has 70 heavy (non-hydrogen) atoms. The van der Waals surface area contributed by atoms with Gasteiger partial charge in [0.05, 0.1) is 44.5 Å². The summed E-state index contributed by atoms with van der Waals surface area (Å²) < 4.78 is 6.35. The van der Waals surface area contributed by atoms with Crippen LogP contribution in [0.25, 0.3) is 10.4 Å². The number of nitrogens with zero attached hydrogens (tertiary/aromatic N) is 5. The van der Waals surface area contributed by atoms with Crippen LogP contribution in [0.1, 0.15) is 139 Å². The van der Waals surface area contributed by atoms with Crippen LogP contribution in [0.4, 0.5) is 0 Å². The summed E-state index contributed by atoms with van der Waals surface area (Å²) in [5.41, 5.74) is 5.39. The monoisotopic (exact) mass is 994 g/mol. The van der Waals surface area contributed by atoms with Crippen molar-refractivity contribution >= 4 is 52.3 Å². The molecule has 1 saturated heterocycles. The van der Waals surface area contributed by atoms with E-state index in [1.54, 1.807) is 41.8 Å². The van der Waals surface area contributed by atoms with Crippen molar-refractivity contribution in [3.05, 3.63) is 99.4 Å². The van der Waals surface area contributed by atoms with Crippen molar-refractivity contribution in [3.8, 4) is 22.3 Å². The Bertz CT molecular complexity index is 2570. The van der Waals surface area contributed by atoms with E-state index in [9.17, 15) is 34.8 Å². The number of unbranched alkanes of at least 4 members (excludes halogenated alkanes) is 1. The summed E-state index contributed by atoms with van der Waals surface area (Å²) in [4.78, 5) is 65.8. The number of likely N-dealkylation sites (tertiary alicyclic amines) is 1. The van der Waals surface area contributed by atoms with E-state index >= 15 is 0 Å². The van der Waals surface area contributed by atoms with Gasteiger partial charge in [0.15, 0.2) is 0 Å². The van der Waals surface area contributed by atoms with Crippen LogP contribution >= 0.6 is 22.9 Å². The molecule has 4 aromatic rings. The maximum absolute atomic E-state index is 14.1. The lowest BCUT2D eigenvalue weighted by Crippen LogP contribution is -2.74. The quantitative estimate of drug-likeness (QED) is 0.0260. The first-order valence-electron chi connectivity index (χ1n) is 24.0. The predicted octanol–water partition coefficient (Wildman–Crippen LogP) is 8.73. The summed E-state index contributed by atoms with van der Waals surface area (Å²) >= 11 is 7.81. The Labute approximate surface area is 420 Å². The number of aliphatic hydroxyl groups excluding tert-OH is 1. The molecule has 0 unspecified atom stereocenters. The van der Waals surface area contributed by atoms with Gasteiger partial charge in [-0.25, -0.2) is 4.98 Å². The summed E-state index contributed by atoms with van der Waals surface area (Å²) in [6.45, 7) is 17.5. The van der Waals surface area contributed by atoms with Crippen LogP contribution < -0.4 is 20.7 Å². The molecule has 1 saturated carbocycles. The SMILES string of the molecule is Cc1ncsc1-c1ccc([C@H](C)NC(=O)[C@@H]2C[C@@H](O)CN2C(=O)[C@@H](NC(=O)CCCC/C(CCCc2ccc(C(=O)NC3C(C)(C)C(Oc4ccc(C#N)c(Cl)c4)C3(C)C)nc2)=N\O)C(C)(C)C)cc1. The standard InChI is InChI=1S/C53H67ClN8O7S/c1-31(34-18-20-35(21-19-34)44-32(2)57-30-70-44)58-47(66)42-25-38(63)29-62(42)48(67)45(51(3,4)5)59-43(64)16-11-10-14-37(61-68)15-12-13-33-17-24-41(56-28-33)46(65)60-49-52(6,7)50(53(49,8)9)69-39-23-22-36(27-55)40(54)26-39/h17-24,26,28,30-31,38,42,45,49-50,63,68H,10-16,25,29H2,1-9H3,(H,58,66)(H,59,64)(H,60,65)/b61-37+/t31-,38+,42-,45+,49?,50?/m0/s1. The van der Waals surface area contributed by atoms with Gasteiger partial charge >= 0.3 is 0 Å². The number of aryl methyl sites for hydroxylation is 2. The normalized spacial score (nSPS) is 20.4. The van der Waals surface area contributed by atoms with Gasteiger partial charge in [0.2, 0.25) is 17.7 Å². The lowest BCUT2D eigenvalue weighted by atomic mass is 9.49. The minimum absolute atomic E-state index is 0.0190. The third-order valence-corrected chi connectivity index (χ3v) is 15.0. The van der Waals surface area contributed by atoms with Crippen LogP contribution in [0.3, 0.4) is 0 Å². The number of aromatic nitrogens is 2. The summed E-state index contributed by atoms with van der Waals surface area (Å²) in [5.74, 6) is -0.831. The number of nitrogens with one attached hydrogen (secondary N) is 3. The molecule has 6 rings (SSSR count). The fourth-order valence-corrected chi connectivity index (χ4v) is 11.1. The smallest absolute Gasteiger partial charge is 0.270 e. The zero-order valence-electron chi connectivity index (χ0n) is 41.6. The highest BCUT2D eigenvalue weighted by atomic mass is 35.5. The van der Waals surface area contributed by atoms with E-state index in [0.29, 0.717) is 66.3 Å². The van der Waals surface area contributed by atoms with Gasteiger partial charge in [0.1, 0.15) is 35.7 Å². The Kier molecular flexibility index (Phi) is 17.2. The number of nitriles is 1. The molecule has 2 fully saturated rings. The number of pyridine rings is 1. The Morgan fingerprint density at radius 1 is 0.986 bits per heavy atom. The number of carbonyl (C=O) groups excluding carboxylic acids is 4. The van der Waals surface area contributed by atoms with E-state index in [1.165, 1.54) is 4.90 Å². The number of thiazole rings is 1. The zero-order chi connectivity index (χ0) is 51.1. The van der Waals surface area contributed by atoms with Gasteiger partial charge in [-0.2, -0.15) is 5.26 Å². The summed E-state index contributed by atoms with van der Waals surface area (Å²) in [6.07, 6.45) is 4.23. The van der Waals surface area contributed by atoms with Gasteiger partial charge in [0.25, 0.3) is 5.91 Å². The molecule has 2 aromatic carbocycles. The zero-order valence-corrected chi connectivity index (χ0v) is 43.2. The van der Waals surface area contributed by atoms with Crippen LogP contribution in [-0.2, 0) is 20.8 Å². The summed E-state index contributed by atoms with van der Waals surface area (Å²) in [5, 5.41) is 42.6. The van der Waals surface area contributed by atoms with Gasteiger partial charge < -0.3 is 35.9 Å². The number of halogens is 1. The van der Waals surface area contributed by atoms with Gasteiger partial charge in [-0.3, -0.25) is 24.2 Å². The lowest BCUT2D eigenvalue weighted by molar-refractivity contribution is -0.164. The second-order valence-electron chi connectivity index (χ2n) is 21.0. The largest absolute Gasteiger partial charge is 0.489 e. The van der Waals surface area contributed by atoms with Gasteiger partial charge in [-0.05, 0) is 92.7 Å². The van der Waals surface area contributed by atoms with Gasteiger partial charge in [0, 0.05) is 48.5 Å². The number of hydrogen-bond acceptors (Lipinski definition) is 12. The van der Waals surface area contributed by atoms with Crippen molar-refractivity contribution in [2.45, 2.75) is 150 Å². The lowest BCUT2D eigenvalue weighted by Gasteiger charge is -2.63. The fourth-order valence-electron chi connectivity index (χ4n) is 10.1. The Hall–Kier alpha value is -5.89. The van der Waals surface area contributed by atoms with Crippen LogP contribution in [0, 0.1) is 34.5 Å². The fraction of sp³-hybridized carbons (Fsp3) is 0.509. The second-order valence-corrected chi connectivity index (χ2v) is 22.2. The number of aliphatic hydroxyl groups is 1. The third-order valence-electron chi connectivity index (χ3n) is 13.7. The van der Waals surface area contributed by atoms with E-state index < -0.39 is 40.3 Å². The topological polar surface area (TPSA) is 219 Å². The average molecular weight is 996 g/mol. The minimum atomic E-state index is -0.939. The molecule has 0 bridgehead atoms. The molecule has 5 N–H and O–H groups in total. The molecule has 17 heteroatoms. The van der Waals surface area contributed by atoms with Crippen LogP contribution in [0.5, 0.6) is 5.75 Å². The molecule has 4 atom stereocenters. The molecular weight excluding hydrogens is 928 g/mol. The van der Waals surface area contributed by atoms with Crippen molar-refractivity contribution in [2.24, 2.45) is 21.4 Å². The van der Waals surface area contributed by atoms with Gasteiger partial charge in [-0.15, -0.1) is 11.3 Å². The Morgan fingerprint density at radius 3 is 2.27 bits per heavy atom. The molecule has 3 heterocycles. The number of amides is 4. The summed E-state index contributed by atoms with van der Waals surface area (Å²) in [6, 6.07) is 16.1. The highest BCUT2D eigenvalue weighted by Gasteiger charge is 2.64. The van der Waals surface area contributed by atoms with E-state index in [1.807, 2.05) is 98.2 Å². The average Bonchev–Trinajstić information content (AvgIpc) is 3.94.